The average molecular weight is 396 g/mol. The van der Waals surface area contributed by atoms with Gasteiger partial charge in [-0.05, 0) is 35.4 Å². The van der Waals surface area contributed by atoms with Gasteiger partial charge >= 0.3 is 5.97 Å². The number of nitrogens with one attached hydrogen (secondary N) is 1. The maximum atomic E-state index is 12.5. The number of methoxy groups -OCH3 is 2. The third-order valence-electron chi connectivity index (χ3n) is 3.85. The molecular formula is C19H19Cl2NO4. The highest BCUT2D eigenvalue weighted by atomic mass is 35.5. The van der Waals surface area contributed by atoms with Crippen molar-refractivity contribution in [2.24, 2.45) is 0 Å². The number of benzene rings is 2. The number of carbonyl (C=O) groups is 2. The molecule has 0 bridgehead atoms. The number of hydrogen-bond donors (Lipinski definition) is 1. The second-order valence-corrected chi connectivity index (χ2v) is 6.36. The summed E-state index contributed by atoms with van der Waals surface area (Å²) in [7, 11) is 2.87. The molecule has 1 atom stereocenters. The quantitative estimate of drug-likeness (QED) is 0.720. The van der Waals surface area contributed by atoms with E-state index in [1.54, 1.807) is 49.6 Å². The van der Waals surface area contributed by atoms with Crippen molar-refractivity contribution >= 4 is 35.1 Å². The molecule has 1 N–H and O–H groups in total. The Labute approximate surface area is 162 Å². The van der Waals surface area contributed by atoms with Crippen molar-refractivity contribution in [3.8, 4) is 5.75 Å². The van der Waals surface area contributed by atoms with Crippen LogP contribution in [0.2, 0.25) is 10.0 Å². The van der Waals surface area contributed by atoms with Gasteiger partial charge in [0.1, 0.15) is 5.75 Å². The fourth-order valence-corrected chi connectivity index (χ4v) is 2.98. The van der Waals surface area contributed by atoms with E-state index in [0.29, 0.717) is 21.4 Å². The van der Waals surface area contributed by atoms with E-state index in [1.807, 2.05) is 0 Å². The first-order valence-corrected chi connectivity index (χ1v) is 8.63. The Morgan fingerprint density at radius 1 is 1.04 bits per heavy atom. The van der Waals surface area contributed by atoms with Crippen LogP contribution in [0.1, 0.15) is 23.6 Å². The van der Waals surface area contributed by atoms with E-state index in [1.165, 1.54) is 7.11 Å². The Hall–Kier alpha value is -2.24. The lowest BCUT2D eigenvalue weighted by atomic mass is 10.0. The summed E-state index contributed by atoms with van der Waals surface area (Å²) in [4.78, 5) is 24.2. The minimum Gasteiger partial charge on any atom is -0.497 e. The monoisotopic (exact) mass is 395 g/mol. The van der Waals surface area contributed by atoms with Crippen LogP contribution in [0.4, 0.5) is 0 Å². The summed E-state index contributed by atoms with van der Waals surface area (Å²) < 4.78 is 9.86. The van der Waals surface area contributed by atoms with Crippen LogP contribution in [-0.2, 0) is 20.7 Å². The van der Waals surface area contributed by atoms with Crippen molar-refractivity contribution < 1.29 is 19.1 Å². The fourth-order valence-electron chi connectivity index (χ4n) is 2.45. The minimum atomic E-state index is -0.540. The lowest BCUT2D eigenvalue weighted by Crippen LogP contribution is -2.31. The van der Waals surface area contributed by atoms with Gasteiger partial charge in [0.15, 0.2) is 0 Å². The molecule has 2 rings (SSSR count). The van der Waals surface area contributed by atoms with Crippen molar-refractivity contribution in [3.63, 3.8) is 0 Å². The van der Waals surface area contributed by atoms with Crippen LogP contribution >= 0.6 is 23.2 Å². The molecule has 0 saturated heterocycles. The number of rotatable bonds is 7. The molecule has 0 heterocycles. The summed E-state index contributed by atoms with van der Waals surface area (Å²) in [5.74, 6) is -0.0497. The normalized spacial score (nSPS) is 11.5. The largest absolute Gasteiger partial charge is 0.497 e. The van der Waals surface area contributed by atoms with E-state index in [9.17, 15) is 9.59 Å². The summed E-state index contributed by atoms with van der Waals surface area (Å²) in [6.07, 6.45) is 0.0111. The van der Waals surface area contributed by atoms with E-state index in [0.717, 1.165) is 5.56 Å². The van der Waals surface area contributed by atoms with Gasteiger partial charge < -0.3 is 14.8 Å². The molecular weight excluding hydrogens is 377 g/mol. The van der Waals surface area contributed by atoms with Crippen molar-refractivity contribution in [1.82, 2.24) is 5.32 Å². The maximum Gasteiger partial charge on any atom is 0.307 e. The van der Waals surface area contributed by atoms with Crippen molar-refractivity contribution in [3.05, 3.63) is 63.6 Å². The van der Waals surface area contributed by atoms with Gasteiger partial charge in [0.25, 0.3) is 0 Å². The van der Waals surface area contributed by atoms with Crippen LogP contribution in [0.25, 0.3) is 0 Å². The topological polar surface area (TPSA) is 64.6 Å². The Kier molecular flexibility index (Phi) is 7.30. The summed E-state index contributed by atoms with van der Waals surface area (Å²) in [5, 5.41) is 3.68. The fraction of sp³-hybridized carbons (Fsp3) is 0.263. The molecule has 0 saturated carbocycles. The zero-order chi connectivity index (χ0) is 19.1. The van der Waals surface area contributed by atoms with Crippen LogP contribution < -0.4 is 10.1 Å². The molecule has 0 aliphatic heterocycles. The molecule has 0 aliphatic rings. The number of halogens is 2. The van der Waals surface area contributed by atoms with Gasteiger partial charge in [-0.3, -0.25) is 9.59 Å². The third kappa shape index (κ3) is 5.38. The van der Waals surface area contributed by atoms with Crippen LogP contribution in [0, 0.1) is 0 Å². The predicted octanol–water partition coefficient (Wildman–Crippen LogP) is 3.97. The van der Waals surface area contributed by atoms with Gasteiger partial charge in [-0.2, -0.15) is 0 Å². The Morgan fingerprint density at radius 3 is 2.19 bits per heavy atom. The molecule has 2 aromatic rings. The SMILES string of the molecule is COC(=O)CC(NC(=O)Cc1c(Cl)cccc1Cl)c1ccc(OC)cc1. The lowest BCUT2D eigenvalue weighted by molar-refractivity contribution is -0.141. The van der Waals surface area contributed by atoms with Crippen LogP contribution in [-0.4, -0.2) is 26.1 Å². The summed E-state index contributed by atoms with van der Waals surface area (Å²) in [5.41, 5.74) is 1.30. The molecule has 138 valence electrons. The van der Waals surface area contributed by atoms with Gasteiger partial charge in [0.2, 0.25) is 5.91 Å². The lowest BCUT2D eigenvalue weighted by Gasteiger charge is -2.19. The molecule has 0 fully saturated rings. The second-order valence-electron chi connectivity index (χ2n) is 5.55. The second kappa shape index (κ2) is 9.46. The Balaban J connectivity index is 2.17. The van der Waals surface area contributed by atoms with Gasteiger partial charge in [-0.1, -0.05) is 41.4 Å². The first-order valence-electron chi connectivity index (χ1n) is 7.87. The van der Waals surface area contributed by atoms with Gasteiger partial charge in [0.05, 0.1) is 33.1 Å². The summed E-state index contributed by atoms with van der Waals surface area (Å²) >= 11 is 12.2. The number of hydrogen-bond acceptors (Lipinski definition) is 4. The third-order valence-corrected chi connectivity index (χ3v) is 4.56. The summed E-state index contributed by atoms with van der Waals surface area (Å²) in [6.45, 7) is 0. The molecule has 1 unspecified atom stereocenters. The van der Waals surface area contributed by atoms with Crippen molar-refractivity contribution in [1.29, 1.82) is 0 Å². The molecule has 1 amide bonds. The Bertz CT molecular complexity index is 757. The molecule has 0 radical (unpaired) electrons. The predicted molar refractivity (Wildman–Crippen MR) is 101 cm³/mol. The zero-order valence-corrected chi connectivity index (χ0v) is 15.9. The smallest absolute Gasteiger partial charge is 0.307 e. The van der Waals surface area contributed by atoms with Crippen LogP contribution in [0.3, 0.4) is 0 Å². The molecule has 0 spiro atoms. The van der Waals surface area contributed by atoms with E-state index >= 15 is 0 Å². The van der Waals surface area contributed by atoms with E-state index < -0.39 is 12.0 Å². The van der Waals surface area contributed by atoms with Gasteiger partial charge in [-0.15, -0.1) is 0 Å². The van der Waals surface area contributed by atoms with Crippen molar-refractivity contribution in [2.45, 2.75) is 18.9 Å². The van der Waals surface area contributed by atoms with Gasteiger partial charge in [0, 0.05) is 10.0 Å². The molecule has 7 heteroatoms. The van der Waals surface area contributed by atoms with Crippen LogP contribution in [0.15, 0.2) is 42.5 Å². The van der Waals surface area contributed by atoms with Gasteiger partial charge in [-0.25, -0.2) is 0 Å². The average Bonchev–Trinajstić information content (AvgIpc) is 2.64. The molecule has 26 heavy (non-hydrogen) atoms. The van der Waals surface area contributed by atoms with Crippen LogP contribution in [0.5, 0.6) is 5.75 Å². The Morgan fingerprint density at radius 2 is 1.65 bits per heavy atom. The molecule has 0 aliphatic carbocycles. The first-order chi connectivity index (χ1) is 12.4. The molecule has 0 aromatic heterocycles. The van der Waals surface area contributed by atoms with E-state index in [2.05, 4.69) is 5.32 Å². The van der Waals surface area contributed by atoms with Crippen molar-refractivity contribution in [2.75, 3.05) is 14.2 Å². The standard InChI is InChI=1S/C19H19Cl2NO4/c1-25-13-8-6-12(7-9-13)17(11-19(24)26-2)22-18(23)10-14-15(20)4-3-5-16(14)21/h3-9,17H,10-11H2,1-2H3,(H,22,23). The minimum absolute atomic E-state index is 0.00478. The van der Waals surface area contributed by atoms with E-state index in [4.69, 9.17) is 32.7 Å². The van der Waals surface area contributed by atoms with E-state index in [-0.39, 0.29) is 18.7 Å². The maximum absolute atomic E-state index is 12.5. The number of ether oxygens (including phenoxy) is 2. The number of amides is 1. The molecule has 5 nitrogen and oxygen atoms in total. The summed E-state index contributed by atoms with van der Waals surface area (Å²) in [6, 6.07) is 11.6. The zero-order valence-electron chi connectivity index (χ0n) is 14.4. The number of esters is 1. The highest BCUT2D eigenvalue weighted by Gasteiger charge is 2.20. The molecule has 2 aromatic carbocycles. The number of carbonyl (C=O) groups excluding carboxylic acids is 2. The highest BCUT2D eigenvalue weighted by Crippen LogP contribution is 2.26. The highest BCUT2D eigenvalue weighted by molar-refractivity contribution is 6.36. The first kappa shape index (κ1) is 20.1.